The van der Waals surface area contributed by atoms with Crippen LogP contribution in [0.25, 0.3) is 0 Å². The van der Waals surface area contributed by atoms with Crippen molar-refractivity contribution in [3.05, 3.63) is 24.3 Å². The highest BCUT2D eigenvalue weighted by Gasteiger charge is 2.09. The quantitative estimate of drug-likeness (QED) is 0.535. The van der Waals surface area contributed by atoms with Crippen LogP contribution in [0.1, 0.15) is 13.3 Å². The number of imide groups is 1. The van der Waals surface area contributed by atoms with E-state index in [1.54, 1.807) is 24.3 Å². The molecular formula is C11H13N3O3. The summed E-state index contributed by atoms with van der Waals surface area (Å²) in [5.74, 6) is -0.937. The molecule has 0 saturated heterocycles. The van der Waals surface area contributed by atoms with Gasteiger partial charge in [-0.25, -0.2) is 4.79 Å². The molecule has 90 valence electrons. The molecular weight excluding hydrogens is 222 g/mol. The first-order valence-electron chi connectivity index (χ1n) is 4.93. The minimum Gasteiger partial charge on any atom is -0.399 e. The second kappa shape index (κ2) is 5.64. The molecule has 1 aromatic carbocycles. The topological polar surface area (TPSA) is 101 Å². The van der Waals surface area contributed by atoms with Crippen LogP contribution in [0, 0.1) is 0 Å². The van der Waals surface area contributed by atoms with E-state index in [1.165, 1.54) is 6.92 Å². The summed E-state index contributed by atoms with van der Waals surface area (Å²) in [5.41, 5.74) is 6.55. The van der Waals surface area contributed by atoms with E-state index in [-0.39, 0.29) is 12.2 Å². The molecule has 0 heterocycles. The molecule has 17 heavy (non-hydrogen) atoms. The lowest BCUT2D eigenvalue weighted by Crippen LogP contribution is -2.35. The third-order valence-corrected chi connectivity index (χ3v) is 1.83. The fraction of sp³-hybridized carbons (Fsp3) is 0.182. The van der Waals surface area contributed by atoms with Crippen molar-refractivity contribution in [1.82, 2.24) is 5.32 Å². The van der Waals surface area contributed by atoms with Crippen molar-refractivity contribution in [2.75, 3.05) is 11.1 Å². The number of hydrogen-bond acceptors (Lipinski definition) is 4. The van der Waals surface area contributed by atoms with Crippen molar-refractivity contribution in [1.29, 1.82) is 0 Å². The zero-order valence-electron chi connectivity index (χ0n) is 9.32. The minimum atomic E-state index is -0.680. The molecule has 0 unspecified atom stereocenters. The van der Waals surface area contributed by atoms with Gasteiger partial charge in [0.15, 0.2) is 0 Å². The van der Waals surface area contributed by atoms with Crippen molar-refractivity contribution in [3.63, 3.8) is 0 Å². The number of carbonyl (C=O) groups excluding carboxylic acids is 3. The van der Waals surface area contributed by atoms with Gasteiger partial charge in [-0.1, -0.05) is 0 Å². The summed E-state index contributed by atoms with van der Waals surface area (Å²) >= 11 is 0. The van der Waals surface area contributed by atoms with Crippen LogP contribution in [0.3, 0.4) is 0 Å². The number of benzene rings is 1. The smallest absolute Gasteiger partial charge is 0.325 e. The van der Waals surface area contributed by atoms with Gasteiger partial charge in [-0.2, -0.15) is 0 Å². The Morgan fingerprint density at radius 2 is 1.76 bits per heavy atom. The van der Waals surface area contributed by atoms with Gasteiger partial charge in [0.25, 0.3) is 0 Å². The number of Topliss-reactive ketones (excluding diaryl/α,β-unsaturated/α-hetero) is 1. The molecule has 0 aliphatic rings. The second-order valence-corrected chi connectivity index (χ2v) is 3.50. The SMILES string of the molecule is CC(=O)CC(=O)NC(=O)Nc1ccc(N)cc1. The van der Waals surface area contributed by atoms with Crippen LogP contribution in [-0.4, -0.2) is 17.7 Å². The van der Waals surface area contributed by atoms with Crippen LogP contribution in [0.4, 0.5) is 16.2 Å². The molecule has 4 N–H and O–H groups in total. The van der Waals surface area contributed by atoms with Crippen LogP contribution >= 0.6 is 0 Å². The molecule has 0 fully saturated rings. The summed E-state index contributed by atoms with van der Waals surface area (Å²) in [6.45, 7) is 1.28. The molecule has 0 aromatic heterocycles. The van der Waals surface area contributed by atoms with Crippen molar-refractivity contribution in [2.24, 2.45) is 0 Å². The molecule has 0 spiro atoms. The van der Waals surface area contributed by atoms with Gasteiger partial charge in [-0.3, -0.25) is 14.9 Å². The van der Waals surface area contributed by atoms with E-state index in [2.05, 4.69) is 5.32 Å². The predicted octanol–water partition coefficient (Wildman–Crippen LogP) is 0.896. The number of nitrogens with one attached hydrogen (secondary N) is 2. The van der Waals surface area contributed by atoms with Gasteiger partial charge in [-0.15, -0.1) is 0 Å². The number of anilines is 2. The van der Waals surface area contributed by atoms with Crippen LogP contribution in [0.15, 0.2) is 24.3 Å². The summed E-state index contributed by atoms with van der Waals surface area (Å²) in [6, 6.07) is 5.76. The van der Waals surface area contributed by atoms with E-state index in [9.17, 15) is 14.4 Å². The summed E-state index contributed by atoms with van der Waals surface area (Å²) < 4.78 is 0. The summed E-state index contributed by atoms with van der Waals surface area (Å²) in [6.07, 6.45) is -0.310. The first kappa shape index (κ1) is 12.7. The number of rotatable bonds is 3. The minimum absolute atomic E-state index is 0.303. The highest BCUT2D eigenvalue weighted by Crippen LogP contribution is 2.09. The van der Waals surface area contributed by atoms with Crippen LogP contribution in [0.2, 0.25) is 0 Å². The Hall–Kier alpha value is -2.37. The molecule has 0 radical (unpaired) electrons. The predicted molar refractivity (Wildman–Crippen MR) is 63.3 cm³/mol. The normalized spacial score (nSPS) is 9.47. The fourth-order valence-corrected chi connectivity index (χ4v) is 1.13. The molecule has 0 atom stereocenters. The molecule has 1 rings (SSSR count). The van der Waals surface area contributed by atoms with E-state index in [1.807, 2.05) is 5.32 Å². The summed E-state index contributed by atoms with van der Waals surface area (Å²) in [4.78, 5) is 33.0. The van der Waals surface area contributed by atoms with Gasteiger partial charge in [0.1, 0.15) is 5.78 Å². The number of carbonyl (C=O) groups is 3. The first-order chi connectivity index (χ1) is 7.97. The Morgan fingerprint density at radius 1 is 1.18 bits per heavy atom. The molecule has 3 amide bonds. The van der Waals surface area contributed by atoms with Crippen molar-refractivity contribution in [3.8, 4) is 0 Å². The Bertz CT molecular complexity index is 440. The van der Waals surface area contributed by atoms with Crippen molar-refractivity contribution < 1.29 is 14.4 Å². The highest BCUT2D eigenvalue weighted by atomic mass is 16.2. The number of urea groups is 1. The lowest BCUT2D eigenvalue weighted by molar-refractivity contribution is -0.126. The molecule has 0 bridgehead atoms. The average Bonchev–Trinajstić information content (AvgIpc) is 2.19. The van der Waals surface area contributed by atoms with Crippen molar-refractivity contribution in [2.45, 2.75) is 13.3 Å². The van der Waals surface area contributed by atoms with Crippen LogP contribution in [-0.2, 0) is 9.59 Å². The zero-order chi connectivity index (χ0) is 12.8. The Kier molecular flexibility index (Phi) is 4.21. The van der Waals surface area contributed by atoms with Crippen LogP contribution < -0.4 is 16.4 Å². The number of ketones is 1. The van der Waals surface area contributed by atoms with Gasteiger partial charge in [0.2, 0.25) is 5.91 Å². The van der Waals surface area contributed by atoms with Gasteiger partial charge in [0.05, 0.1) is 6.42 Å². The van der Waals surface area contributed by atoms with Gasteiger partial charge < -0.3 is 11.1 Å². The largest absolute Gasteiger partial charge is 0.399 e. The average molecular weight is 235 g/mol. The van der Waals surface area contributed by atoms with Crippen LogP contribution in [0.5, 0.6) is 0 Å². The molecule has 6 nitrogen and oxygen atoms in total. The van der Waals surface area contributed by atoms with Gasteiger partial charge in [0, 0.05) is 11.4 Å². The third-order valence-electron chi connectivity index (χ3n) is 1.83. The Morgan fingerprint density at radius 3 is 2.29 bits per heavy atom. The van der Waals surface area contributed by atoms with E-state index >= 15 is 0 Å². The third kappa shape index (κ3) is 4.78. The van der Waals surface area contributed by atoms with E-state index in [0.717, 1.165) is 0 Å². The summed E-state index contributed by atoms with van der Waals surface area (Å²) in [7, 11) is 0. The number of amides is 3. The molecule has 6 heteroatoms. The standard InChI is InChI=1S/C11H13N3O3/c1-7(15)6-10(16)14-11(17)13-9-4-2-8(12)3-5-9/h2-5H,6,12H2,1H3,(H2,13,14,16,17). The lowest BCUT2D eigenvalue weighted by Gasteiger charge is -2.06. The first-order valence-corrected chi connectivity index (χ1v) is 4.93. The maximum Gasteiger partial charge on any atom is 0.325 e. The van der Waals surface area contributed by atoms with Crippen molar-refractivity contribution >= 4 is 29.1 Å². The highest BCUT2D eigenvalue weighted by molar-refractivity contribution is 6.06. The Balaban J connectivity index is 2.47. The monoisotopic (exact) mass is 235 g/mol. The lowest BCUT2D eigenvalue weighted by atomic mass is 10.3. The van der Waals surface area contributed by atoms with Gasteiger partial charge >= 0.3 is 6.03 Å². The number of hydrogen-bond donors (Lipinski definition) is 3. The molecule has 1 aromatic rings. The zero-order valence-corrected chi connectivity index (χ0v) is 9.32. The second-order valence-electron chi connectivity index (χ2n) is 3.50. The summed E-state index contributed by atoms with van der Waals surface area (Å²) in [5, 5.41) is 4.47. The number of nitrogen functional groups attached to an aromatic ring is 1. The van der Waals surface area contributed by atoms with E-state index < -0.39 is 11.9 Å². The molecule has 0 saturated carbocycles. The van der Waals surface area contributed by atoms with E-state index in [0.29, 0.717) is 11.4 Å². The molecule has 0 aliphatic heterocycles. The number of nitrogens with two attached hydrogens (primary N) is 1. The Labute approximate surface area is 98.2 Å². The fourth-order valence-electron chi connectivity index (χ4n) is 1.13. The maximum absolute atomic E-state index is 11.3. The van der Waals surface area contributed by atoms with E-state index in [4.69, 9.17) is 5.73 Å². The molecule has 0 aliphatic carbocycles. The maximum atomic E-state index is 11.3. The van der Waals surface area contributed by atoms with Gasteiger partial charge in [-0.05, 0) is 31.2 Å².